The monoisotopic (exact) mass is 758 g/mol. The third-order valence-corrected chi connectivity index (χ3v) is 9.51. The van der Waals surface area contributed by atoms with Gasteiger partial charge in [0.1, 0.15) is 0 Å². The smallest absolute Gasteiger partial charge is 0.0945 e. The Labute approximate surface area is 342 Å². The third kappa shape index (κ3) is 19.6. The van der Waals surface area contributed by atoms with E-state index in [1.807, 2.05) is 31.1 Å². The molecule has 2 aromatic heterocycles. The number of para-hydroxylation sites is 1. The number of hydrogen-bond acceptors (Lipinski definition) is 2. The molecule has 2 heterocycles. The first-order chi connectivity index (χ1) is 26.8. The lowest BCUT2D eigenvalue weighted by Gasteiger charge is -2.01. The van der Waals surface area contributed by atoms with Crippen molar-refractivity contribution < 1.29 is 0 Å². The van der Waals surface area contributed by atoms with E-state index in [0.29, 0.717) is 5.84 Å². The van der Waals surface area contributed by atoms with E-state index >= 15 is 0 Å². The maximum atomic E-state index is 5.28. The molecule has 0 bridgehead atoms. The van der Waals surface area contributed by atoms with Gasteiger partial charge in [-0.1, -0.05) is 144 Å². The number of benzene rings is 4. The number of imidazole rings is 1. The summed E-state index contributed by atoms with van der Waals surface area (Å²) in [6.07, 6.45) is 13.9. The highest BCUT2D eigenvalue weighted by Gasteiger charge is 2.02. The summed E-state index contributed by atoms with van der Waals surface area (Å²) in [5.74, 6) is 0.693. The number of aryl methyl sites for hydroxylation is 11. The fourth-order valence-electron chi connectivity index (χ4n) is 5.63. The van der Waals surface area contributed by atoms with E-state index in [4.69, 9.17) is 5.73 Å². The molecule has 4 aromatic carbocycles. The van der Waals surface area contributed by atoms with Gasteiger partial charge in [0, 0.05) is 49.6 Å². The van der Waals surface area contributed by atoms with E-state index < -0.39 is 0 Å². The third-order valence-electron chi connectivity index (χ3n) is 9.51. The fraction of sp³-hybridized carbons (Fsp3) is 0.412. The van der Waals surface area contributed by atoms with Crippen LogP contribution in [0.1, 0.15) is 112 Å². The SMILES string of the molecule is CCCCN=C(C)N.CCc1ccc(C)c(C)c1.CCc1ccc(C)cc1.CCc1cccc(C)c1.CCc1cn(C)c2ccccc12.CCc1cncn1C. The topological polar surface area (TPSA) is 61.1 Å². The van der Waals surface area contributed by atoms with E-state index in [9.17, 15) is 0 Å². The molecule has 0 aliphatic carbocycles. The molecule has 0 radical (unpaired) electrons. The van der Waals surface area contributed by atoms with Gasteiger partial charge in [-0.05, 0) is 113 Å². The van der Waals surface area contributed by atoms with E-state index in [1.165, 1.54) is 67.5 Å². The summed E-state index contributed by atoms with van der Waals surface area (Å²) < 4.78 is 4.22. The van der Waals surface area contributed by atoms with Crippen molar-refractivity contribution in [2.45, 2.75) is 121 Å². The van der Waals surface area contributed by atoms with E-state index in [2.05, 4.69) is 188 Å². The number of amidine groups is 1. The second-order valence-corrected chi connectivity index (χ2v) is 14.3. The Balaban J connectivity index is 0.000000338. The number of unbranched alkanes of at least 4 members (excludes halogenated alkanes) is 1. The van der Waals surface area contributed by atoms with Crippen LogP contribution in [0.25, 0.3) is 10.9 Å². The van der Waals surface area contributed by atoms with Gasteiger partial charge in [-0.15, -0.1) is 0 Å². The van der Waals surface area contributed by atoms with Crippen LogP contribution in [0.4, 0.5) is 0 Å². The Bertz CT molecular complexity index is 1940. The molecule has 0 amide bonds. The minimum absolute atomic E-state index is 0.693. The number of aromatic nitrogens is 3. The summed E-state index contributed by atoms with van der Waals surface area (Å²) in [6.45, 7) is 24.2. The van der Waals surface area contributed by atoms with E-state index in [-0.39, 0.29) is 0 Å². The van der Waals surface area contributed by atoms with E-state index in [1.54, 1.807) is 0 Å². The Morgan fingerprint density at radius 1 is 0.625 bits per heavy atom. The molecule has 0 fully saturated rings. The minimum Gasteiger partial charge on any atom is -0.388 e. The zero-order valence-corrected chi connectivity index (χ0v) is 37.4. The standard InChI is InChI=1S/C11H13N.C10H14.2C9H12.C6H10N2.C6H14N2/c1-3-9-8-12(2)11-7-5-4-6-10(9)11;1-4-10-6-5-8(2)9(3)7-10;1-3-9-6-4-8(2)5-7-9;1-3-9-6-4-5-8(2)7-9;1-3-6-4-7-5-8(6)2;1-3-4-5-8-6(2)7/h4-8H,3H2,1-2H3;5-7H,4H2,1-3H3;2*4-7H,3H2,1-2H3;4-5H,3H2,1-2H3;3-5H2,1-2H3,(H2,7,8). The van der Waals surface area contributed by atoms with Crippen molar-refractivity contribution in [3.05, 3.63) is 160 Å². The van der Waals surface area contributed by atoms with Gasteiger partial charge in [0.2, 0.25) is 0 Å². The molecule has 2 N–H and O–H groups in total. The highest BCUT2D eigenvalue weighted by molar-refractivity contribution is 5.83. The van der Waals surface area contributed by atoms with Crippen LogP contribution in [-0.2, 0) is 46.2 Å². The first-order valence-corrected chi connectivity index (χ1v) is 20.7. The summed E-state index contributed by atoms with van der Waals surface area (Å²) in [5.41, 5.74) is 19.1. The lowest BCUT2D eigenvalue weighted by atomic mass is 10.1. The van der Waals surface area contributed by atoms with Gasteiger partial charge in [0.05, 0.1) is 12.2 Å². The summed E-state index contributed by atoms with van der Waals surface area (Å²) in [7, 11) is 4.10. The van der Waals surface area contributed by atoms with Crippen LogP contribution in [0, 0.1) is 27.7 Å². The first-order valence-electron chi connectivity index (χ1n) is 20.7. The molecular weight excluding hydrogens is 683 g/mol. The molecule has 0 aliphatic heterocycles. The number of aliphatic imine (C=N–C) groups is 1. The van der Waals surface area contributed by atoms with Gasteiger partial charge in [-0.25, -0.2) is 4.98 Å². The van der Waals surface area contributed by atoms with Crippen LogP contribution in [0.3, 0.4) is 0 Å². The average molecular weight is 758 g/mol. The molecule has 0 saturated carbocycles. The predicted molar refractivity (Wildman–Crippen MR) is 248 cm³/mol. The summed E-state index contributed by atoms with van der Waals surface area (Å²) in [5, 5.41) is 1.39. The molecule has 5 nitrogen and oxygen atoms in total. The Kier molecular flexibility index (Phi) is 25.0. The van der Waals surface area contributed by atoms with Gasteiger partial charge in [-0.2, -0.15) is 0 Å². The number of hydrogen-bond donors (Lipinski definition) is 1. The van der Waals surface area contributed by atoms with Crippen molar-refractivity contribution >= 4 is 16.7 Å². The number of fused-ring (bicyclic) bond motifs is 1. The largest absolute Gasteiger partial charge is 0.388 e. The van der Waals surface area contributed by atoms with Crippen LogP contribution in [0.2, 0.25) is 0 Å². The van der Waals surface area contributed by atoms with Crippen molar-refractivity contribution in [2.24, 2.45) is 24.8 Å². The van der Waals surface area contributed by atoms with Gasteiger partial charge in [-0.3, -0.25) is 4.99 Å². The van der Waals surface area contributed by atoms with Crippen molar-refractivity contribution in [1.29, 1.82) is 0 Å². The maximum Gasteiger partial charge on any atom is 0.0945 e. The highest BCUT2D eigenvalue weighted by atomic mass is 15.0. The molecule has 0 atom stereocenters. The Morgan fingerprint density at radius 3 is 1.73 bits per heavy atom. The van der Waals surface area contributed by atoms with Crippen LogP contribution in [0.5, 0.6) is 0 Å². The summed E-state index contributed by atoms with van der Waals surface area (Å²) in [4.78, 5) is 7.96. The van der Waals surface area contributed by atoms with Crippen LogP contribution < -0.4 is 5.73 Å². The molecule has 0 aliphatic rings. The summed E-state index contributed by atoms with van der Waals surface area (Å²) in [6, 6.07) is 32.4. The molecule has 6 rings (SSSR count). The van der Waals surface area contributed by atoms with Crippen molar-refractivity contribution in [2.75, 3.05) is 6.54 Å². The van der Waals surface area contributed by atoms with Crippen LogP contribution in [0.15, 0.2) is 115 Å². The lowest BCUT2D eigenvalue weighted by Crippen LogP contribution is -2.05. The zero-order chi connectivity index (χ0) is 41.9. The second kappa shape index (κ2) is 28.5. The summed E-state index contributed by atoms with van der Waals surface area (Å²) >= 11 is 0. The molecule has 56 heavy (non-hydrogen) atoms. The molecule has 0 spiro atoms. The normalized spacial score (nSPS) is 10.3. The van der Waals surface area contributed by atoms with Gasteiger partial charge >= 0.3 is 0 Å². The second-order valence-electron chi connectivity index (χ2n) is 14.3. The van der Waals surface area contributed by atoms with Gasteiger partial charge < -0.3 is 14.9 Å². The molecule has 304 valence electrons. The Morgan fingerprint density at radius 2 is 1.25 bits per heavy atom. The molecule has 6 aromatic rings. The maximum absolute atomic E-state index is 5.28. The predicted octanol–water partition coefficient (Wildman–Crippen LogP) is 12.9. The van der Waals surface area contributed by atoms with E-state index in [0.717, 1.165) is 45.1 Å². The minimum atomic E-state index is 0.693. The molecule has 5 heteroatoms. The van der Waals surface area contributed by atoms with Crippen molar-refractivity contribution in [1.82, 2.24) is 14.1 Å². The number of rotatable bonds is 8. The molecular formula is C51H75N5. The van der Waals surface area contributed by atoms with Crippen LogP contribution >= 0.6 is 0 Å². The Hall–Kier alpha value is -4.90. The van der Waals surface area contributed by atoms with Gasteiger partial charge in [0.25, 0.3) is 0 Å². The number of nitrogens with two attached hydrogens (primary N) is 1. The fourth-order valence-corrected chi connectivity index (χ4v) is 5.63. The van der Waals surface area contributed by atoms with Gasteiger partial charge in [0.15, 0.2) is 0 Å². The molecule has 0 saturated heterocycles. The zero-order valence-electron chi connectivity index (χ0n) is 37.4. The van der Waals surface area contributed by atoms with Crippen LogP contribution in [-0.4, -0.2) is 26.5 Å². The van der Waals surface area contributed by atoms with Crippen molar-refractivity contribution in [3.63, 3.8) is 0 Å². The van der Waals surface area contributed by atoms with Crippen molar-refractivity contribution in [3.8, 4) is 0 Å². The highest BCUT2D eigenvalue weighted by Crippen LogP contribution is 2.20. The first kappa shape index (κ1) is 49.1. The number of nitrogens with zero attached hydrogens (tertiary/aromatic N) is 4. The quantitative estimate of drug-likeness (QED) is 0.0955. The molecule has 0 unspecified atom stereocenters. The lowest BCUT2D eigenvalue weighted by molar-refractivity contribution is 0.807. The average Bonchev–Trinajstić information content (AvgIpc) is 3.78.